The van der Waals surface area contributed by atoms with E-state index in [1.807, 2.05) is 66.3 Å². The Morgan fingerprint density at radius 2 is 1.82 bits per heavy atom. The van der Waals surface area contributed by atoms with Crippen molar-refractivity contribution in [1.82, 2.24) is 14.8 Å². The largest absolute Gasteiger partial charge is 0.447 e. The molecule has 1 amide bonds. The third-order valence-electron chi connectivity index (χ3n) is 5.00. The molecule has 0 aliphatic heterocycles. The highest BCUT2D eigenvalue weighted by atomic mass is 32.2. The second-order valence-corrected chi connectivity index (χ2v) is 9.34. The number of thiophene rings is 1. The maximum Gasteiger partial charge on any atom is 0.317 e. The number of carbonyl (C=O) groups is 2. The number of carbonyl (C=O) groups excluding carboxylic acids is 2. The van der Waals surface area contributed by atoms with Crippen LogP contribution in [0.4, 0.5) is 5.69 Å². The van der Waals surface area contributed by atoms with E-state index in [1.54, 1.807) is 35.6 Å². The second kappa shape index (κ2) is 11.1. The molecule has 9 heteroatoms. The molecule has 4 rings (SSSR count). The molecule has 2 aromatic heterocycles. The number of rotatable bonds is 9. The van der Waals surface area contributed by atoms with Crippen LogP contribution in [0.5, 0.6) is 0 Å². The average molecular weight is 493 g/mol. The van der Waals surface area contributed by atoms with Gasteiger partial charge in [0.2, 0.25) is 6.10 Å². The number of benzene rings is 2. The Kier molecular flexibility index (Phi) is 7.76. The van der Waals surface area contributed by atoms with Crippen LogP contribution in [0.15, 0.2) is 77.3 Å². The van der Waals surface area contributed by atoms with E-state index in [4.69, 9.17) is 4.74 Å². The number of esters is 1. The lowest BCUT2D eigenvalue weighted by Crippen LogP contribution is -2.26. The van der Waals surface area contributed by atoms with Crippen LogP contribution < -0.4 is 5.32 Å². The number of nitrogens with one attached hydrogen (secondary N) is 1. The van der Waals surface area contributed by atoms with Crippen LogP contribution in [0, 0.1) is 6.92 Å². The molecule has 7 nitrogen and oxygen atoms in total. The summed E-state index contributed by atoms with van der Waals surface area (Å²) in [4.78, 5) is 26.8. The summed E-state index contributed by atoms with van der Waals surface area (Å²) in [6.07, 6.45) is -1.07. The number of aromatic nitrogens is 3. The first-order chi connectivity index (χ1) is 16.5. The van der Waals surface area contributed by atoms with Crippen LogP contribution >= 0.6 is 23.1 Å². The Morgan fingerprint density at radius 1 is 1.06 bits per heavy atom. The van der Waals surface area contributed by atoms with Crippen LogP contribution in [0.3, 0.4) is 0 Å². The van der Waals surface area contributed by atoms with Gasteiger partial charge in [0.15, 0.2) is 11.0 Å². The van der Waals surface area contributed by atoms with Gasteiger partial charge in [-0.15, -0.1) is 21.5 Å². The lowest BCUT2D eigenvalue weighted by molar-refractivity contribution is -0.152. The smallest absolute Gasteiger partial charge is 0.317 e. The maximum absolute atomic E-state index is 13.0. The molecule has 4 aromatic rings. The fraction of sp³-hybridized carbons (Fsp3) is 0.200. The number of nitrogens with zero attached hydrogens (tertiary/aromatic N) is 3. The number of aryl methyl sites for hydroxylation is 1. The molecule has 0 aliphatic carbocycles. The first-order valence-corrected chi connectivity index (χ1v) is 12.6. The molecule has 0 fully saturated rings. The molecule has 0 radical (unpaired) electrons. The van der Waals surface area contributed by atoms with E-state index >= 15 is 0 Å². The van der Waals surface area contributed by atoms with Gasteiger partial charge >= 0.3 is 5.97 Å². The summed E-state index contributed by atoms with van der Waals surface area (Å²) in [7, 11) is 0. The highest BCUT2D eigenvalue weighted by Gasteiger charge is 2.26. The van der Waals surface area contributed by atoms with Gasteiger partial charge in [-0.05, 0) is 37.4 Å². The quantitative estimate of drug-likeness (QED) is 0.250. The van der Waals surface area contributed by atoms with Gasteiger partial charge in [-0.2, -0.15) is 0 Å². The first-order valence-electron chi connectivity index (χ1n) is 10.8. The van der Waals surface area contributed by atoms with Crippen molar-refractivity contribution in [3.63, 3.8) is 0 Å². The van der Waals surface area contributed by atoms with Crippen molar-refractivity contribution in [1.29, 1.82) is 0 Å². The van der Waals surface area contributed by atoms with Gasteiger partial charge in [-0.3, -0.25) is 9.59 Å². The fourth-order valence-corrected chi connectivity index (χ4v) is 4.81. The van der Waals surface area contributed by atoms with Crippen LogP contribution in [-0.2, 0) is 20.9 Å². The van der Waals surface area contributed by atoms with Gasteiger partial charge in [0.05, 0.1) is 10.6 Å². The molecule has 34 heavy (non-hydrogen) atoms. The zero-order chi connectivity index (χ0) is 23.9. The van der Waals surface area contributed by atoms with Gasteiger partial charge in [0.25, 0.3) is 5.91 Å². The van der Waals surface area contributed by atoms with Crippen molar-refractivity contribution >= 4 is 40.7 Å². The normalized spacial score (nSPS) is 11.7. The summed E-state index contributed by atoms with van der Waals surface area (Å²) in [5.74, 6) is -0.150. The molecule has 2 aromatic carbocycles. The number of amides is 1. The highest BCUT2D eigenvalue weighted by Crippen LogP contribution is 2.28. The summed E-state index contributed by atoms with van der Waals surface area (Å²) in [6.45, 7) is 4.65. The molecule has 0 saturated carbocycles. The molecule has 1 unspecified atom stereocenters. The van der Waals surface area contributed by atoms with Crippen molar-refractivity contribution in [2.45, 2.75) is 31.7 Å². The van der Waals surface area contributed by atoms with Gasteiger partial charge in [0, 0.05) is 17.8 Å². The van der Waals surface area contributed by atoms with E-state index in [0.29, 0.717) is 23.0 Å². The summed E-state index contributed by atoms with van der Waals surface area (Å²) in [6, 6.07) is 20.4. The van der Waals surface area contributed by atoms with Gasteiger partial charge in [0.1, 0.15) is 0 Å². The molecule has 1 N–H and O–H groups in total. The lowest BCUT2D eigenvalue weighted by Gasteiger charge is -2.18. The average Bonchev–Trinajstić information content (AvgIpc) is 3.52. The van der Waals surface area contributed by atoms with Crippen molar-refractivity contribution < 1.29 is 14.3 Å². The van der Waals surface area contributed by atoms with Gasteiger partial charge in [-0.25, -0.2) is 0 Å². The van der Waals surface area contributed by atoms with E-state index in [-0.39, 0.29) is 5.75 Å². The van der Waals surface area contributed by atoms with Crippen LogP contribution in [0.25, 0.3) is 10.7 Å². The van der Waals surface area contributed by atoms with Crippen LogP contribution in [-0.4, -0.2) is 32.4 Å². The van der Waals surface area contributed by atoms with Crippen molar-refractivity contribution in [2.75, 3.05) is 11.1 Å². The Balaban J connectivity index is 1.45. The molecule has 1 atom stereocenters. The molecule has 0 aliphatic rings. The monoisotopic (exact) mass is 492 g/mol. The minimum absolute atomic E-state index is 0.00369. The Bertz CT molecular complexity index is 1240. The van der Waals surface area contributed by atoms with Crippen molar-refractivity contribution in [2.24, 2.45) is 0 Å². The number of hydrogen-bond acceptors (Lipinski definition) is 7. The molecule has 0 saturated heterocycles. The fourth-order valence-electron chi connectivity index (χ4n) is 3.30. The second-order valence-electron chi connectivity index (χ2n) is 7.45. The van der Waals surface area contributed by atoms with E-state index in [9.17, 15) is 9.59 Å². The Labute approximate surface area is 206 Å². The summed E-state index contributed by atoms with van der Waals surface area (Å²) in [5.41, 5.74) is 2.32. The number of thioether (sulfide) groups is 1. The summed E-state index contributed by atoms with van der Waals surface area (Å²) in [5, 5.41) is 14.0. The summed E-state index contributed by atoms with van der Waals surface area (Å²) < 4.78 is 7.60. The predicted molar refractivity (Wildman–Crippen MR) is 135 cm³/mol. The van der Waals surface area contributed by atoms with E-state index in [1.165, 1.54) is 11.8 Å². The van der Waals surface area contributed by atoms with Crippen molar-refractivity contribution in [3.8, 4) is 10.7 Å². The SMILES string of the molecule is CCn1c(SCC(=O)OC(C(=O)Nc2ccc(C)cc2)c2ccccc2)nnc1-c1cccs1. The number of hydrogen-bond donors (Lipinski definition) is 1. The van der Waals surface area contributed by atoms with E-state index in [2.05, 4.69) is 15.5 Å². The summed E-state index contributed by atoms with van der Waals surface area (Å²) >= 11 is 2.83. The van der Waals surface area contributed by atoms with Crippen LogP contribution in [0.1, 0.15) is 24.2 Å². The van der Waals surface area contributed by atoms with Crippen molar-refractivity contribution in [3.05, 3.63) is 83.2 Å². The van der Waals surface area contributed by atoms with Gasteiger partial charge < -0.3 is 14.6 Å². The third-order valence-corrected chi connectivity index (χ3v) is 6.81. The zero-order valence-corrected chi connectivity index (χ0v) is 20.4. The molecule has 0 bridgehead atoms. The number of anilines is 1. The maximum atomic E-state index is 13.0. The van der Waals surface area contributed by atoms with E-state index < -0.39 is 18.0 Å². The molecule has 0 spiro atoms. The molecular formula is C25H24N4O3S2. The Morgan fingerprint density at radius 3 is 2.50 bits per heavy atom. The molecular weight excluding hydrogens is 468 g/mol. The van der Waals surface area contributed by atoms with E-state index in [0.717, 1.165) is 16.3 Å². The highest BCUT2D eigenvalue weighted by molar-refractivity contribution is 7.99. The Hall–Kier alpha value is -3.43. The topological polar surface area (TPSA) is 86.1 Å². The third kappa shape index (κ3) is 5.73. The minimum atomic E-state index is -1.07. The zero-order valence-electron chi connectivity index (χ0n) is 18.8. The standard InChI is InChI=1S/C25H24N4O3S2/c1-3-29-23(20-10-7-15-33-20)27-28-25(29)34-16-21(30)32-22(18-8-5-4-6-9-18)24(31)26-19-13-11-17(2)12-14-19/h4-15,22H,3,16H2,1-2H3,(H,26,31). The lowest BCUT2D eigenvalue weighted by atomic mass is 10.1. The first kappa shape index (κ1) is 23.7. The molecule has 2 heterocycles. The van der Waals surface area contributed by atoms with Crippen LogP contribution in [0.2, 0.25) is 0 Å². The predicted octanol–water partition coefficient (Wildman–Crippen LogP) is 5.35. The van der Waals surface area contributed by atoms with Gasteiger partial charge in [-0.1, -0.05) is 65.9 Å². The minimum Gasteiger partial charge on any atom is -0.447 e. The number of ether oxygens (including phenoxy) is 1. The molecule has 174 valence electrons.